The Bertz CT molecular complexity index is 1390. The van der Waals surface area contributed by atoms with E-state index < -0.39 is 5.66 Å². The number of anilines is 1. The van der Waals surface area contributed by atoms with Gasteiger partial charge >= 0.3 is 0 Å². The lowest BCUT2D eigenvalue weighted by Crippen LogP contribution is -2.60. The second-order valence-corrected chi connectivity index (χ2v) is 9.33. The van der Waals surface area contributed by atoms with Crippen LogP contribution >= 0.6 is 0 Å². The zero-order valence-electron chi connectivity index (χ0n) is 19.5. The maximum atomic E-state index is 13.2. The molecule has 9 heteroatoms. The first-order valence-electron chi connectivity index (χ1n) is 11.8. The molecule has 3 aromatic heterocycles. The number of hydrogen-bond donors (Lipinski definition) is 2. The van der Waals surface area contributed by atoms with Crippen molar-refractivity contribution in [2.24, 2.45) is 5.73 Å². The van der Waals surface area contributed by atoms with Crippen LogP contribution in [0.25, 0.3) is 28.2 Å². The molecule has 0 atom stereocenters. The molecule has 3 N–H and O–H groups in total. The largest absolute Gasteiger partial charge is 0.378 e. The average Bonchev–Trinajstić information content (AvgIpc) is 3.26. The van der Waals surface area contributed by atoms with Crippen molar-refractivity contribution < 1.29 is 9.53 Å². The lowest BCUT2D eigenvalue weighted by Gasteiger charge is -2.40. The lowest BCUT2D eigenvalue weighted by atomic mass is 9.85. The van der Waals surface area contributed by atoms with Crippen molar-refractivity contribution >= 4 is 17.4 Å². The molecule has 1 aromatic carbocycles. The normalized spacial score (nSPS) is 17.1. The van der Waals surface area contributed by atoms with Gasteiger partial charge in [-0.2, -0.15) is 5.10 Å². The van der Waals surface area contributed by atoms with Gasteiger partial charge in [0.1, 0.15) is 5.82 Å². The first kappa shape index (κ1) is 21.7. The molecule has 2 aliphatic rings. The van der Waals surface area contributed by atoms with Crippen LogP contribution in [0.3, 0.4) is 0 Å². The topological polar surface area (TPSA) is 111 Å². The fraction of sp³-hybridized carbons (Fsp3) is 0.308. The zero-order valence-corrected chi connectivity index (χ0v) is 19.5. The van der Waals surface area contributed by atoms with Crippen molar-refractivity contribution in [1.82, 2.24) is 24.9 Å². The van der Waals surface area contributed by atoms with Gasteiger partial charge in [0.25, 0.3) is 5.91 Å². The van der Waals surface area contributed by atoms with E-state index in [1.54, 1.807) is 23.9 Å². The van der Waals surface area contributed by atoms with E-state index in [0.29, 0.717) is 16.9 Å². The number of methoxy groups -OCH3 is 1. The van der Waals surface area contributed by atoms with Gasteiger partial charge in [0.15, 0.2) is 5.65 Å². The van der Waals surface area contributed by atoms with E-state index in [9.17, 15) is 4.79 Å². The molecule has 1 saturated heterocycles. The van der Waals surface area contributed by atoms with Crippen molar-refractivity contribution in [3.05, 3.63) is 66.5 Å². The summed E-state index contributed by atoms with van der Waals surface area (Å²) in [4.78, 5) is 25.1. The number of carbonyl (C=O) groups is 1. The summed E-state index contributed by atoms with van der Waals surface area (Å²) >= 11 is 0. The minimum Gasteiger partial charge on any atom is -0.378 e. The number of pyridine rings is 1. The average molecular weight is 470 g/mol. The predicted molar refractivity (Wildman–Crippen MR) is 133 cm³/mol. The SMILES string of the molecule is COC1CN(c2cc(C(=O)NC3(N)CCC3)cc(-c3cnn4ccc(-c5ccccc5)nc34)n2)C1. The van der Waals surface area contributed by atoms with Crippen LogP contribution in [0.15, 0.2) is 60.9 Å². The third-order valence-electron chi connectivity index (χ3n) is 6.90. The van der Waals surface area contributed by atoms with Gasteiger partial charge in [-0.15, -0.1) is 0 Å². The number of nitrogens with two attached hydrogens (primary N) is 1. The summed E-state index contributed by atoms with van der Waals surface area (Å²) in [6, 6.07) is 15.6. The van der Waals surface area contributed by atoms with Crippen LogP contribution in [-0.2, 0) is 4.74 Å². The van der Waals surface area contributed by atoms with E-state index in [0.717, 1.165) is 55.0 Å². The minimum atomic E-state index is -0.630. The Kier molecular flexibility index (Phi) is 5.23. The van der Waals surface area contributed by atoms with Gasteiger partial charge in [-0.05, 0) is 37.5 Å². The van der Waals surface area contributed by atoms with Crippen molar-refractivity contribution in [1.29, 1.82) is 0 Å². The quantitative estimate of drug-likeness (QED) is 0.418. The second-order valence-electron chi connectivity index (χ2n) is 9.33. The molecule has 4 aromatic rings. The van der Waals surface area contributed by atoms with Gasteiger partial charge in [-0.1, -0.05) is 30.3 Å². The number of benzene rings is 1. The predicted octanol–water partition coefficient (Wildman–Crippen LogP) is 2.86. The summed E-state index contributed by atoms with van der Waals surface area (Å²) in [5, 5.41) is 7.48. The minimum absolute atomic E-state index is 0.159. The first-order chi connectivity index (χ1) is 17.0. The number of carbonyl (C=O) groups excluding carboxylic acids is 1. The zero-order chi connectivity index (χ0) is 24.0. The van der Waals surface area contributed by atoms with Gasteiger partial charge in [-0.25, -0.2) is 14.5 Å². The van der Waals surface area contributed by atoms with Crippen LogP contribution in [0.5, 0.6) is 0 Å². The standard InChI is InChI=1S/C26H27N7O2/c1-35-19-15-32(16-19)23-13-18(25(34)31-26(27)9-5-10-26)12-22(29-23)20-14-28-33-11-8-21(30-24(20)33)17-6-3-2-4-7-17/h2-4,6-8,11-14,19H,5,9-10,15-16,27H2,1H3,(H,31,34). The second kappa shape index (κ2) is 8.44. The molecule has 6 rings (SSSR count). The molecule has 178 valence electrons. The summed E-state index contributed by atoms with van der Waals surface area (Å²) in [5.41, 5.74) is 10.1. The molecule has 9 nitrogen and oxygen atoms in total. The smallest absolute Gasteiger partial charge is 0.252 e. The highest BCUT2D eigenvalue weighted by atomic mass is 16.5. The molecule has 0 unspecified atom stereocenters. The number of nitrogens with one attached hydrogen (secondary N) is 1. The summed E-state index contributed by atoms with van der Waals surface area (Å²) in [7, 11) is 1.71. The number of hydrogen-bond acceptors (Lipinski definition) is 7. The molecule has 1 saturated carbocycles. The van der Waals surface area contributed by atoms with Crippen LogP contribution in [0.4, 0.5) is 5.82 Å². The Morgan fingerprint density at radius 3 is 2.63 bits per heavy atom. The summed E-state index contributed by atoms with van der Waals surface area (Å²) in [6.07, 6.45) is 6.38. The molecule has 35 heavy (non-hydrogen) atoms. The number of rotatable bonds is 6. The van der Waals surface area contributed by atoms with Crippen molar-refractivity contribution in [2.45, 2.75) is 31.0 Å². The van der Waals surface area contributed by atoms with Crippen LogP contribution in [0.1, 0.15) is 29.6 Å². The summed E-state index contributed by atoms with van der Waals surface area (Å²) in [5.74, 6) is 0.523. The highest BCUT2D eigenvalue weighted by molar-refractivity contribution is 5.97. The van der Waals surface area contributed by atoms with Crippen molar-refractivity contribution in [3.63, 3.8) is 0 Å². The van der Waals surface area contributed by atoms with Gasteiger partial charge in [0.2, 0.25) is 0 Å². The van der Waals surface area contributed by atoms with Gasteiger partial charge in [0.05, 0.1) is 34.9 Å². The molecule has 2 fully saturated rings. The van der Waals surface area contributed by atoms with Gasteiger partial charge in [0, 0.05) is 37.5 Å². The number of ether oxygens (including phenoxy) is 1. The maximum Gasteiger partial charge on any atom is 0.252 e. The number of amides is 1. The van der Waals surface area contributed by atoms with E-state index in [-0.39, 0.29) is 12.0 Å². The maximum absolute atomic E-state index is 13.2. The Labute approximate surface area is 202 Å². The number of aromatic nitrogens is 4. The van der Waals surface area contributed by atoms with Crippen LogP contribution in [-0.4, -0.2) is 57.5 Å². The van der Waals surface area contributed by atoms with E-state index in [1.807, 2.05) is 48.7 Å². The van der Waals surface area contributed by atoms with E-state index in [1.165, 1.54) is 0 Å². The fourth-order valence-corrected chi connectivity index (χ4v) is 4.52. The molecule has 1 amide bonds. The molecule has 1 aliphatic heterocycles. The molecule has 4 heterocycles. The third kappa shape index (κ3) is 4.02. The highest BCUT2D eigenvalue weighted by Crippen LogP contribution is 2.31. The molecule has 0 bridgehead atoms. The molecular formula is C26H27N7O2. The number of nitrogens with zero attached hydrogens (tertiary/aromatic N) is 5. The lowest BCUT2D eigenvalue weighted by molar-refractivity contribution is 0.0783. The summed E-state index contributed by atoms with van der Waals surface area (Å²) in [6.45, 7) is 1.44. The molecular weight excluding hydrogens is 442 g/mol. The van der Waals surface area contributed by atoms with E-state index in [2.05, 4.69) is 15.3 Å². The van der Waals surface area contributed by atoms with E-state index >= 15 is 0 Å². The Morgan fingerprint density at radius 1 is 1.11 bits per heavy atom. The molecule has 1 aliphatic carbocycles. The van der Waals surface area contributed by atoms with Crippen molar-refractivity contribution in [3.8, 4) is 22.5 Å². The number of fused-ring (bicyclic) bond motifs is 1. The molecule has 0 radical (unpaired) electrons. The van der Waals surface area contributed by atoms with Gasteiger partial charge < -0.3 is 20.7 Å². The van der Waals surface area contributed by atoms with E-state index in [4.69, 9.17) is 20.4 Å². The monoisotopic (exact) mass is 469 g/mol. The van der Waals surface area contributed by atoms with Crippen LogP contribution in [0.2, 0.25) is 0 Å². The Balaban J connectivity index is 1.42. The summed E-state index contributed by atoms with van der Waals surface area (Å²) < 4.78 is 7.16. The Morgan fingerprint density at radius 2 is 1.91 bits per heavy atom. The van der Waals surface area contributed by atoms with Crippen molar-refractivity contribution in [2.75, 3.05) is 25.1 Å². The first-order valence-corrected chi connectivity index (χ1v) is 11.8. The van der Waals surface area contributed by atoms with Crippen LogP contribution < -0.4 is 16.0 Å². The van der Waals surface area contributed by atoms with Gasteiger partial charge in [-0.3, -0.25) is 4.79 Å². The third-order valence-corrected chi connectivity index (χ3v) is 6.90. The molecule has 0 spiro atoms. The van der Waals surface area contributed by atoms with Crippen LogP contribution in [0, 0.1) is 0 Å². The highest BCUT2D eigenvalue weighted by Gasteiger charge is 2.35. The Hall–Kier alpha value is -3.82. The fourth-order valence-electron chi connectivity index (χ4n) is 4.52.